The highest BCUT2D eigenvalue weighted by atomic mass is 79.9. The molecule has 3 aromatic rings. The summed E-state index contributed by atoms with van der Waals surface area (Å²) in [6, 6.07) is 17.1. The van der Waals surface area contributed by atoms with Crippen LogP contribution in [0.4, 0.5) is 17.3 Å². The Morgan fingerprint density at radius 2 is 1.71 bits per heavy atom. The van der Waals surface area contributed by atoms with Gasteiger partial charge in [0.05, 0.1) is 10.2 Å². The molecule has 2 aliphatic rings. The number of nitrogens with one attached hydrogen (secondary N) is 2. The van der Waals surface area contributed by atoms with E-state index in [4.69, 9.17) is 4.98 Å². The second-order valence-electron chi connectivity index (χ2n) is 10.1. The summed E-state index contributed by atoms with van der Waals surface area (Å²) < 4.78 is 0.838. The molecule has 2 aromatic carbocycles. The minimum Gasteiger partial charge on any atom is -0.336 e. The number of benzene rings is 2. The number of likely N-dealkylation sites (N-methyl/N-ethyl adjacent to an activating group) is 1. The lowest BCUT2D eigenvalue weighted by molar-refractivity contribution is -0.120. The molecule has 2 heterocycles. The summed E-state index contributed by atoms with van der Waals surface area (Å²) in [6.07, 6.45) is 5.36. The van der Waals surface area contributed by atoms with E-state index in [-0.39, 0.29) is 23.7 Å². The normalized spacial score (nSPS) is 19.8. The van der Waals surface area contributed by atoms with E-state index < -0.39 is 0 Å². The zero-order valence-corrected chi connectivity index (χ0v) is 23.2. The first-order chi connectivity index (χ1) is 18.5. The molecule has 9 heteroatoms. The number of piperazine rings is 1. The van der Waals surface area contributed by atoms with E-state index in [0.29, 0.717) is 17.9 Å². The van der Waals surface area contributed by atoms with Crippen molar-refractivity contribution in [2.75, 3.05) is 43.9 Å². The lowest BCUT2D eigenvalue weighted by Gasteiger charge is -2.32. The second-order valence-corrected chi connectivity index (χ2v) is 11.0. The highest BCUT2D eigenvalue weighted by Crippen LogP contribution is 2.36. The summed E-state index contributed by atoms with van der Waals surface area (Å²) >= 11 is 3.60. The van der Waals surface area contributed by atoms with Crippen LogP contribution in [-0.2, 0) is 11.2 Å². The molecule has 198 valence electrons. The van der Waals surface area contributed by atoms with Crippen LogP contribution in [0.5, 0.6) is 0 Å². The molecule has 1 aliphatic carbocycles. The molecule has 2 amide bonds. The topological polar surface area (TPSA) is 90.5 Å². The van der Waals surface area contributed by atoms with Crippen LogP contribution in [0.3, 0.4) is 0 Å². The maximum absolute atomic E-state index is 13.0. The van der Waals surface area contributed by atoms with Gasteiger partial charge in [0.15, 0.2) is 0 Å². The Kier molecular flexibility index (Phi) is 8.34. The smallest absolute Gasteiger partial charge is 0.253 e. The van der Waals surface area contributed by atoms with Crippen molar-refractivity contribution in [1.82, 2.24) is 19.8 Å². The number of anilines is 3. The monoisotopic (exact) mass is 576 g/mol. The molecule has 2 fully saturated rings. The van der Waals surface area contributed by atoms with Crippen LogP contribution in [0, 0.1) is 11.8 Å². The number of carbonyl (C=O) groups excluding carboxylic acids is 2. The highest BCUT2D eigenvalue weighted by molar-refractivity contribution is 9.10. The van der Waals surface area contributed by atoms with E-state index in [1.165, 1.54) is 0 Å². The predicted octanol–water partition coefficient (Wildman–Crippen LogP) is 4.97. The zero-order valence-electron chi connectivity index (χ0n) is 21.6. The van der Waals surface area contributed by atoms with Crippen molar-refractivity contribution in [3.05, 3.63) is 76.5 Å². The number of amides is 2. The maximum Gasteiger partial charge on any atom is 0.253 e. The summed E-state index contributed by atoms with van der Waals surface area (Å²) in [4.78, 5) is 39.2. The average Bonchev–Trinajstić information content (AvgIpc) is 3.40. The summed E-state index contributed by atoms with van der Waals surface area (Å²) in [7, 11) is 2.08. The molecule has 1 aliphatic heterocycles. The van der Waals surface area contributed by atoms with Crippen molar-refractivity contribution in [3.63, 3.8) is 0 Å². The van der Waals surface area contributed by atoms with Gasteiger partial charge in [0.25, 0.3) is 5.91 Å². The van der Waals surface area contributed by atoms with Crippen LogP contribution >= 0.6 is 15.9 Å². The second kappa shape index (κ2) is 12.0. The standard InChI is InChI=1S/C29H33BrN6O2/c1-35-14-16-36(17-15-35)28(38)20-10-12-23(13-11-20)33-29-31-19-25(30)26(34-29)18-21-6-5-9-24(21)27(37)32-22-7-3-2-4-8-22/h2-4,7-8,10-13,19,21,24H,5-6,9,14-18H2,1H3,(H,32,37)(H,31,33,34)/t21-,24-/m0/s1. The molecule has 1 saturated heterocycles. The van der Waals surface area contributed by atoms with Crippen molar-refractivity contribution in [2.45, 2.75) is 25.7 Å². The SMILES string of the molecule is CN1CCN(C(=O)c2ccc(Nc3ncc(Br)c(C[C@@H]4CCC[C@@H]4C(=O)Nc4ccccc4)n3)cc2)CC1. The molecular weight excluding hydrogens is 544 g/mol. The van der Waals surface area contributed by atoms with Gasteiger partial charge in [-0.1, -0.05) is 24.6 Å². The van der Waals surface area contributed by atoms with E-state index in [2.05, 4.69) is 43.5 Å². The number of nitrogens with zero attached hydrogens (tertiary/aromatic N) is 4. The van der Waals surface area contributed by atoms with E-state index in [1.54, 1.807) is 6.20 Å². The van der Waals surface area contributed by atoms with Gasteiger partial charge >= 0.3 is 0 Å². The first kappa shape index (κ1) is 26.3. The van der Waals surface area contributed by atoms with E-state index >= 15 is 0 Å². The quantitative estimate of drug-likeness (QED) is 0.413. The maximum atomic E-state index is 13.0. The molecule has 5 rings (SSSR count). The van der Waals surface area contributed by atoms with Gasteiger partial charge in [0.1, 0.15) is 0 Å². The lowest BCUT2D eigenvalue weighted by atomic mass is 9.90. The van der Waals surface area contributed by atoms with E-state index in [1.807, 2.05) is 59.5 Å². The van der Waals surface area contributed by atoms with Crippen LogP contribution in [0.15, 0.2) is 65.3 Å². The average molecular weight is 578 g/mol. The molecule has 8 nitrogen and oxygen atoms in total. The van der Waals surface area contributed by atoms with Crippen LogP contribution in [0.1, 0.15) is 35.3 Å². The Bertz CT molecular complexity index is 1260. The van der Waals surface area contributed by atoms with Crippen LogP contribution in [0.25, 0.3) is 0 Å². The van der Waals surface area contributed by atoms with Crippen LogP contribution < -0.4 is 10.6 Å². The first-order valence-electron chi connectivity index (χ1n) is 13.2. The summed E-state index contributed by atoms with van der Waals surface area (Å²) in [5.74, 6) is 0.809. The van der Waals surface area contributed by atoms with Gasteiger partial charge in [-0.15, -0.1) is 0 Å². The predicted molar refractivity (Wildman–Crippen MR) is 152 cm³/mol. The fourth-order valence-corrected chi connectivity index (χ4v) is 5.61. The number of carbonyl (C=O) groups is 2. The number of hydrogen-bond acceptors (Lipinski definition) is 6. The Morgan fingerprint density at radius 3 is 2.45 bits per heavy atom. The zero-order chi connectivity index (χ0) is 26.5. The number of halogens is 1. The molecule has 0 spiro atoms. The third-order valence-corrected chi connectivity index (χ3v) is 8.15. The van der Waals surface area contributed by atoms with Gasteiger partial charge in [-0.05, 0) is 84.6 Å². The molecule has 38 heavy (non-hydrogen) atoms. The van der Waals surface area contributed by atoms with Gasteiger partial charge in [0, 0.05) is 55.2 Å². The fourth-order valence-electron chi connectivity index (χ4n) is 5.25. The molecule has 0 unspecified atom stereocenters. The van der Waals surface area contributed by atoms with Gasteiger partial charge in [-0.3, -0.25) is 9.59 Å². The Morgan fingerprint density at radius 1 is 0.974 bits per heavy atom. The third kappa shape index (κ3) is 6.39. The largest absolute Gasteiger partial charge is 0.336 e. The first-order valence-corrected chi connectivity index (χ1v) is 14.0. The molecule has 0 bridgehead atoms. The Hall–Kier alpha value is -3.30. The minimum absolute atomic E-state index is 0.0427. The van der Waals surface area contributed by atoms with Crippen molar-refractivity contribution < 1.29 is 9.59 Å². The Labute approximate surface area is 232 Å². The van der Waals surface area contributed by atoms with Gasteiger partial charge in [-0.2, -0.15) is 0 Å². The molecule has 2 N–H and O–H groups in total. The highest BCUT2D eigenvalue weighted by Gasteiger charge is 2.34. The molecule has 1 saturated carbocycles. The molecular formula is C29H33BrN6O2. The van der Waals surface area contributed by atoms with Crippen molar-refractivity contribution in [2.24, 2.45) is 11.8 Å². The van der Waals surface area contributed by atoms with Gasteiger partial charge < -0.3 is 20.4 Å². The van der Waals surface area contributed by atoms with Crippen LogP contribution in [0.2, 0.25) is 0 Å². The van der Waals surface area contributed by atoms with Crippen molar-refractivity contribution in [1.29, 1.82) is 0 Å². The summed E-state index contributed by atoms with van der Waals surface area (Å²) in [6.45, 7) is 3.29. The molecule has 2 atom stereocenters. The van der Waals surface area contributed by atoms with E-state index in [9.17, 15) is 9.59 Å². The van der Waals surface area contributed by atoms with Crippen LogP contribution in [-0.4, -0.2) is 64.8 Å². The van der Waals surface area contributed by atoms with Gasteiger partial charge in [0.2, 0.25) is 11.9 Å². The fraction of sp³-hybridized carbons (Fsp3) is 0.379. The van der Waals surface area contributed by atoms with Gasteiger partial charge in [-0.25, -0.2) is 9.97 Å². The minimum atomic E-state index is -0.0427. The van der Waals surface area contributed by atoms with Crippen molar-refractivity contribution in [3.8, 4) is 0 Å². The molecule has 0 radical (unpaired) electrons. The number of hydrogen-bond donors (Lipinski definition) is 2. The molecule has 1 aromatic heterocycles. The number of aromatic nitrogens is 2. The Balaban J connectivity index is 1.22. The lowest BCUT2D eigenvalue weighted by Crippen LogP contribution is -2.47. The van der Waals surface area contributed by atoms with Crippen molar-refractivity contribution >= 4 is 45.1 Å². The third-order valence-electron chi connectivity index (χ3n) is 7.49. The number of para-hydroxylation sites is 1. The summed E-state index contributed by atoms with van der Waals surface area (Å²) in [5.41, 5.74) is 3.20. The number of rotatable bonds is 7. The summed E-state index contributed by atoms with van der Waals surface area (Å²) in [5, 5.41) is 6.33. The van der Waals surface area contributed by atoms with E-state index in [0.717, 1.165) is 67.0 Å².